The van der Waals surface area contributed by atoms with E-state index in [1.807, 2.05) is 0 Å². The lowest BCUT2D eigenvalue weighted by Crippen LogP contribution is -2.26. The number of sulfonamides is 1. The second-order valence-electron chi connectivity index (χ2n) is 9.19. The van der Waals surface area contributed by atoms with Crippen molar-refractivity contribution in [1.29, 1.82) is 0 Å². The Morgan fingerprint density at radius 2 is 1.76 bits per heavy atom. The highest BCUT2D eigenvalue weighted by Gasteiger charge is 2.27. The van der Waals surface area contributed by atoms with Gasteiger partial charge in [0.05, 0.1) is 12.9 Å². The maximum absolute atomic E-state index is 13.0. The monoisotopic (exact) mass is 632 g/mol. The predicted molar refractivity (Wildman–Crippen MR) is 145 cm³/mol. The standard InChI is InChI=1S/C26H24Cl2F2N2O8S/c1-41(35,36)31-17-5-7-18(8-6-17)38-26(33)40-23(11-19-20(27)12-32(34)13-21(19)28)16-4-9-22(39-25(29)30)24(10-16)37-14-15-2-3-15/h4-10,12-13,15,23,25,31H,2-3,11,14H2,1H3. The molecule has 1 aliphatic rings. The number of aromatic nitrogens is 1. The third-order valence-corrected chi connectivity index (χ3v) is 7.03. The Morgan fingerprint density at radius 1 is 1.10 bits per heavy atom. The highest BCUT2D eigenvalue weighted by atomic mass is 35.5. The molecule has 15 heteroatoms. The van der Waals surface area contributed by atoms with Crippen LogP contribution in [-0.4, -0.2) is 34.0 Å². The van der Waals surface area contributed by atoms with E-state index in [4.69, 9.17) is 37.4 Å². The van der Waals surface area contributed by atoms with Gasteiger partial charge in [0.1, 0.15) is 21.9 Å². The lowest BCUT2D eigenvalue weighted by atomic mass is 10.0. The SMILES string of the molecule is CS(=O)(=O)Nc1ccc(OC(=O)OC(Cc2c(Cl)c[n+]([O-])cc2Cl)c2ccc(OC(F)F)c(OCC3CC3)c2)cc1. The van der Waals surface area contributed by atoms with E-state index in [1.54, 1.807) is 0 Å². The molecule has 1 fully saturated rings. The summed E-state index contributed by atoms with van der Waals surface area (Å²) in [6, 6.07) is 9.54. The minimum absolute atomic E-state index is 0.00583. The molecule has 0 bridgehead atoms. The normalized spacial score (nSPS) is 13.9. The van der Waals surface area contributed by atoms with Gasteiger partial charge >= 0.3 is 12.8 Å². The van der Waals surface area contributed by atoms with Crippen molar-refractivity contribution in [1.82, 2.24) is 0 Å². The maximum atomic E-state index is 13.0. The van der Waals surface area contributed by atoms with Crippen LogP contribution in [0.3, 0.4) is 0 Å². The van der Waals surface area contributed by atoms with Crippen LogP contribution in [0.1, 0.15) is 30.1 Å². The zero-order chi connectivity index (χ0) is 29.7. The summed E-state index contributed by atoms with van der Waals surface area (Å²) in [4.78, 5) is 12.8. The van der Waals surface area contributed by atoms with E-state index >= 15 is 0 Å². The third-order valence-electron chi connectivity index (χ3n) is 5.77. The van der Waals surface area contributed by atoms with E-state index in [0.29, 0.717) is 22.8 Å². The molecule has 1 saturated carbocycles. The molecule has 3 aromatic rings. The Hall–Kier alpha value is -3.55. The number of carbonyl (C=O) groups is 1. The summed E-state index contributed by atoms with van der Waals surface area (Å²) in [6.45, 7) is -2.80. The van der Waals surface area contributed by atoms with Crippen LogP contribution < -0.4 is 23.7 Å². The molecule has 4 rings (SSSR count). The Labute approximate surface area is 244 Å². The minimum atomic E-state index is -3.50. The summed E-state index contributed by atoms with van der Waals surface area (Å²) in [6.07, 6.45) is 2.66. The van der Waals surface area contributed by atoms with Crippen molar-refractivity contribution in [2.24, 2.45) is 5.92 Å². The first-order chi connectivity index (χ1) is 19.4. The molecule has 0 amide bonds. The number of hydrogen-bond acceptors (Lipinski definition) is 8. The van der Waals surface area contributed by atoms with E-state index in [1.165, 1.54) is 42.5 Å². The molecular weight excluding hydrogens is 609 g/mol. The molecule has 10 nitrogen and oxygen atoms in total. The van der Waals surface area contributed by atoms with Crippen molar-refractivity contribution in [3.05, 3.63) is 81.2 Å². The van der Waals surface area contributed by atoms with Gasteiger partial charge in [-0.3, -0.25) is 4.72 Å². The first-order valence-electron chi connectivity index (χ1n) is 12.1. The van der Waals surface area contributed by atoms with Crippen LogP contribution in [0.5, 0.6) is 17.2 Å². The van der Waals surface area contributed by atoms with Gasteiger partial charge in [-0.25, -0.2) is 13.2 Å². The molecule has 0 spiro atoms. The van der Waals surface area contributed by atoms with Crippen molar-refractivity contribution < 1.29 is 45.7 Å². The minimum Gasteiger partial charge on any atom is -0.619 e. The lowest BCUT2D eigenvalue weighted by Gasteiger charge is -2.21. The average molecular weight is 633 g/mol. The zero-order valence-electron chi connectivity index (χ0n) is 21.4. The fourth-order valence-electron chi connectivity index (χ4n) is 3.70. The Bertz CT molecular complexity index is 1480. The Morgan fingerprint density at radius 3 is 2.34 bits per heavy atom. The molecule has 1 unspecified atom stereocenters. The molecule has 1 N–H and O–H groups in total. The maximum Gasteiger partial charge on any atom is 0.514 e. The number of halogens is 4. The first-order valence-corrected chi connectivity index (χ1v) is 14.8. The Kier molecular flexibility index (Phi) is 9.61. The number of alkyl halides is 2. The van der Waals surface area contributed by atoms with Crippen molar-refractivity contribution in [2.45, 2.75) is 32.0 Å². The number of rotatable bonds is 12. The molecule has 1 atom stereocenters. The molecule has 1 aromatic heterocycles. The second kappa shape index (κ2) is 13.0. The van der Waals surface area contributed by atoms with Gasteiger partial charge in [0, 0.05) is 17.7 Å². The number of carbonyl (C=O) groups excluding carboxylic acids is 1. The fraction of sp³-hybridized carbons (Fsp3) is 0.308. The summed E-state index contributed by atoms with van der Waals surface area (Å²) in [5, 5.41) is 11.7. The second-order valence-corrected chi connectivity index (χ2v) is 11.8. The van der Waals surface area contributed by atoms with Crippen LogP contribution in [0.25, 0.3) is 0 Å². The summed E-state index contributed by atoms with van der Waals surface area (Å²) < 4.78 is 72.7. The number of nitrogens with one attached hydrogen (secondary N) is 1. The van der Waals surface area contributed by atoms with Crippen molar-refractivity contribution in [2.75, 3.05) is 17.6 Å². The van der Waals surface area contributed by atoms with Crippen LogP contribution in [0, 0.1) is 11.1 Å². The third kappa shape index (κ3) is 9.23. The number of hydrogen-bond donors (Lipinski definition) is 1. The molecule has 0 radical (unpaired) electrons. The topological polar surface area (TPSA) is 127 Å². The van der Waals surface area contributed by atoms with Gasteiger partial charge in [-0.2, -0.15) is 13.5 Å². The lowest BCUT2D eigenvalue weighted by molar-refractivity contribution is -0.605. The quantitative estimate of drug-likeness (QED) is 0.113. The van der Waals surface area contributed by atoms with Crippen LogP contribution >= 0.6 is 23.2 Å². The number of ether oxygens (including phenoxy) is 4. The van der Waals surface area contributed by atoms with E-state index in [0.717, 1.165) is 31.5 Å². The van der Waals surface area contributed by atoms with Crippen LogP contribution in [0.15, 0.2) is 54.9 Å². The van der Waals surface area contributed by atoms with Gasteiger partial charge in [0.15, 0.2) is 23.9 Å². The van der Waals surface area contributed by atoms with E-state index < -0.39 is 28.9 Å². The van der Waals surface area contributed by atoms with E-state index in [2.05, 4.69) is 9.46 Å². The molecule has 220 valence electrons. The molecule has 0 aliphatic heterocycles. The van der Waals surface area contributed by atoms with E-state index in [9.17, 15) is 27.2 Å². The molecule has 1 aliphatic carbocycles. The van der Waals surface area contributed by atoms with Gasteiger partial charge in [0.2, 0.25) is 10.0 Å². The van der Waals surface area contributed by atoms with Crippen LogP contribution in [-0.2, 0) is 21.2 Å². The van der Waals surface area contributed by atoms with Gasteiger partial charge in [-0.1, -0.05) is 29.3 Å². The molecule has 1 heterocycles. The van der Waals surface area contributed by atoms with Crippen molar-refractivity contribution in [3.8, 4) is 17.2 Å². The van der Waals surface area contributed by atoms with Crippen LogP contribution in [0.4, 0.5) is 19.3 Å². The number of anilines is 1. The van der Waals surface area contributed by atoms with Gasteiger partial charge < -0.3 is 24.2 Å². The number of benzene rings is 2. The Balaban J connectivity index is 1.60. The number of nitrogens with zero attached hydrogens (tertiary/aromatic N) is 1. The largest absolute Gasteiger partial charge is 0.619 e. The highest BCUT2D eigenvalue weighted by Crippen LogP contribution is 2.38. The smallest absolute Gasteiger partial charge is 0.514 e. The number of pyridine rings is 1. The van der Waals surface area contributed by atoms with Gasteiger partial charge in [-0.15, -0.1) is 0 Å². The van der Waals surface area contributed by atoms with Gasteiger partial charge in [0.25, 0.3) is 0 Å². The average Bonchev–Trinajstić information content (AvgIpc) is 3.69. The molecule has 2 aromatic carbocycles. The summed E-state index contributed by atoms with van der Waals surface area (Å²) in [7, 11) is -3.50. The molecule has 41 heavy (non-hydrogen) atoms. The fourth-order valence-corrected chi connectivity index (χ4v) is 4.87. The summed E-state index contributed by atoms with van der Waals surface area (Å²) in [5.41, 5.74) is 0.843. The summed E-state index contributed by atoms with van der Waals surface area (Å²) >= 11 is 12.5. The van der Waals surface area contributed by atoms with Gasteiger partial charge in [-0.05, 0) is 60.7 Å². The van der Waals surface area contributed by atoms with Crippen molar-refractivity contribution >= 4 is 45.1 Å². The summed E-state index contributed by atoms with van der Waals surface area (Å²) in [5.74, 6) is 0.176. The zero-order valence-corrected chi connectivity index (χ0v) is 23.7. The van der Waals surface area contributed by atoms with Crippen molar-refractivity contribution in [3.63, 3.8) is 0 Å². The highest BCUT2D eigenvalue weighted by molar-refractivity contribution is 7.92. The first kappa shape index (κ1) is 30.4. The predicted octanol–water partition coefficient (Wildman–Crippen LogP) is 5.89. The van der Waals surface area contributed by atoms with E-state index in [-0.39, 0.29) is 45.0 Å². The molecule has 0 saturated heterocycles. The van der Waals surface area contributed by atoms with Crippen LogP contribution in [0.2, 0.25) is 10.0 Å². The molecular formula is C26H24Cl2F2N2O8S.